The van der Waals surface area contributed by atoms with Crippen LogP contribution in [0.2, 0.25) is 0 Å². The molecule has 3 fully saturated rings. The summed E-state index contributed by atoms with van der Waals surface area (Å²) in [5, 5.41) is 3.16. The zero-order chi connectivity index (χ0) is 12.8. The lowest BCUT2D eigenvalue weighted by molar-refractivity contribution is -0.127. The Morgan fingerprint density at radius 2 is 1.83 bits per heavy atom. The van der Waals surface area contributed by atoms with E-state index in [-0.39, 0.29) is 5.91 Å². The molecule has 0 atom stereocenters. The first-order chi connectivity index (χ1) is 8.59. The number of carbonyl (C=O) groups is 1. The molecule has 0 aromatic heterocycles. The summed E-state index contributed by atoms with van der Waals surface area (Å²) < 4.78 is 0. The molecule has 4 heteroatoms. The summed E-state index contributed by atoms with van der Waals surface area (Å²) in [4.78, 5) is 12.8. The number of nitrogens with two attached hydrogens (primary N) is 1. The number of amides is 1. The molecule has 0 spiro atoms. The second-order valence-electron chi connectivity index (χ2n) is 6.47. The van der Waals surface area contributed by atoms with E-state index in [1.165, 1.54) is 25.7 Å². The number of carbonyl (C=O) groups excluding carboxylic acids is 1. The minimum absolute atomic E-state index is 0.0967. The van der Waals surface area contributed by atoms with Crippen LogP contribution in [0.4, 0.5) is 0 Å². The lowest BCUT2D eigenvalue weighted by Crippen LogP contribution is -2.48. The monoisotopic (exact) mass is 266 g/mol. The minimum Gasteiger partial charge on any atom is -0.392 e. The summed E-state index contributed by atoms with van der Waals surface area (Å²) >= 11 is 5.15. The van der Waals surface area contributed by atoms with Crippen LogP contribution in [0.15, 0.2) is 0 Å². The van der Waals surface area contributed by atoms with Crippen LogP contribution >= 0.6 is 12.2 Å². The van der Waals surface area contributed by atoms with Crippen LogP contribution < -0.4 is 11.1 Å². The van der Waals surface area contributed by atoms with Gasteiger partial charge in [0.25, 0.3) is 0 Å². The Labute approximate surface area is 114 Å². The van der Waals surface area contributed by atoms with E-state index in [0.717, 1.165) is 38.1 Å². The maximum atomic E-state index is 12.4. The van der Waals surface area contributed by atoms with Gasteiger partial charge in [0.1, 0.15) is 0 Å². The van der Waals surface area contributed by atoms with E-state index in [1.807, 2.05) is 0 Å². The van der Waals surface area contributed by atoms with Crippen LogP contribution in [0, 0.1) is 16.7 Å². The van der Waals surface area contributed by atoms with E-state index in [9.17, 15) is 4.79 Å². The Morgan fingerprint density at radius 1 is 1.22 bits per heavy atom. The Hall–Kier alpha value is -0.640. The van der Waals surface area contributed by atoms with Gasteiger partial charge in [-0.05, 0) is 49.9 Å². The van der Waals surface area contributed by atoms with Gasteiger partial charge in [0.15, 0.2) is 0 Å². The van der Waals surface area contributed by atoms with Crippen molar-refractivity contribution in [2.45, 2.75) is 51.4 Å². The predicted molar refractivity (Wildman–Crippen MR) is 75.1 cm³/mol. The fraction of sp³-hybridized carbons (Fsp3) is 0.857. The van der Waals surface area contributed by atoms with Gasteiger partial charge in [-0.3, -0.25) is 4.79 Å². The molecule has 0 bridgehead atoms. The molecule has 3 aliphatic carbocycles. The topological polar surface area (TPSA) is 55.1 Å². The van der Waals surface area contributed by atoms with E-state index < -0.39 is 5.41 Å². The van der Waals surface area contributed by atoms with Gasteiger partial charge in [-0.1, -0.05) is 25.1 Å². The van der Waals surface area contributed by atoms with Gasteiger partial charge in [-0.25, -0.2) is 0 Å². The molecule has 3 saturated carbocycles. The van der Waals surface area contributed by atoms with Crippen LogP contribution in [0.3, 0.4) is 0 Å². The molecule has 0 saturated heterocycles. The van der Waals surface area contributed by atoms with Crippen molar-refractivity contribution >= 4 is 23.1 Å². The second kappa shape index (κ2) is 4.19. The third-order valence-electron chi connectivity index (χ3n) is 5.30. The van der Waals surface area contributed by atoms with Gasteiger partial charge in [0, 0.05) is 6.54 Å². The Bertz CT molecular complexity index is 379. The first-order valence-electron chi connectivity index (χ1n) is 7.17. The van der Waals surface area contributed by atoms with E-state index in [2.05, 4.69) is 5.32 Å². The first-order valence-corrected chi connectivity index (χ1v) is 7.58. The van der Waals surface area contributed by atoms with Gasteiger partial charge in [-0.15, -0.1) is 0 Å². The molecule has 0 aromatic carbocycles. The van der Waals surface area contributed by atoms with Crippen molar-refractivity contribution in [3.63, 3.8) is 0 Å². The molecule has 18 heavy (non-hydrogen) atoms. The average molecular weight is 266 g/mol. The predicted octanol–water partition coefficient (Wildman–Crippen LogP) is 2.14. The summed E-state index contributed by atoms with van der Waals surface area (Å²) in [6, 6.07) is 0. The average Bonchev–Trinajstić information content (AvgIpc) is 3.24. The molecular formula is C14H22N2OS. The summed E-state index contributed by atoms with van der Waals surface area (Å²) in [6.45, 7) is 0.848. The molecule has 0 aromatic rings. The van der Waals surface area contributed by atoms with E-state index >= 15 is 0 Å². The standard InChI is InChI=1S/C14H22N2OS/c15-11(18)14(5-1-2-6-14)12(17)16-9-13(7-8-13)10-3-4-10/h10H,1-9H2,(H2,15,18)(H,16,17). The van der Waals surface area contributed by atoms with Crippen molar-refractivity contribution < 1.29 is 4.79 Å². The molecule has 0 aliphatic heterocycles. The summed E-state index contributed by atoms with van der Waals surface area (Å²) in [5.41, 5.74) is 5.75. The van der Waals surface area contributed by atoms with Crippen LogP contribution in [0.1, 0.15) is 51.4 Å². The van der Waals surface area contributed by atoms with E-state index in [0.29, 0.717) is 10.4 Å². The molecule has 0 heterocycles. The van der Waals surface area contributed by atoms with Gasteiger partial charge in [0.05, 0.1) is 10.4 Å². The van der Waals surface area contributed by atoms with E-state index in [4.69, 9.17) is 18.0 Å². The fourth-order valence-electron chi connectivity index (χ4n) is 3.58. The highest BCUT2D eigenvalue weighted by molar-refractivity contribution is 7.80. The van der Waals surface area contributed by atoms with Crippen molar-refractivity contribution in [1.29, 1.82) is 0 Å². The van der Waals surface area contributed by atoms with Crippen LogP contribution in [0.5, 0.6) is 0 Å². The summed E-state index contributed by atoms with van der Waals surface area (Å²) in [6.07, 6.45) is 9.11. The van der Waals surface area contributed by atoms with Crippen LogP contribution in [0.25, 0.3) is 0 Å². The second-order valence-corrected chi connectivity index (χ2v) is 6.91. The largest absolute Gasteiger partial charge is 0.392 e. The molecule has 3 nitrogen and oxygen atoms in total. The number of thiocarbonyl (C=S) groups is 1. The Balaban J connectivity index is 1.61. The Morgan fingerprint density at radius 3 is 2.28 bits per heavy atom. The van der Waals surface area contributed by atoms with Crippen LogP contribution in [-0.4, -0.2) is 17.4 Å². The molecule has 3 rings (SSSR count). The number of hydrogen-bond acceptors (Lipinski definition) is 2. The zero-order valence-corrected chi connectivity index (χ0v) is 11.7. The summed E-state index contributed by atoms with van der Waals surface area (Å²) in [7, 11) is 0. The SMILES string of the molecule is NC(=S)C1(C(=O)NCC2(C3CC3)CC2)CCCC1. The summed E-state index contributed by atoms with van der Waals surface area (Å²) in [5.74, 6) is 0.974. The highest BCUT2D eigenvalue weighted by Gasteiger charge is 2.54. The number of rotatable bonds is 5. The van der Waals surface area contributed by atoms with Crippen LogP contribution in [-0.2, 0) is 4.79 Å². The smallest absolute Gasteiger partial charge is 0.233 e. The third-order valence-corrected chi connectivity index (χ3v) is 5.69. The highest BCUT2D eigenvalue weighted by Crippen LogP contribution is 2.60. The first kappa shape index (κ1) is 12.4. The van der Waals surface area contributed by atoms with Crippen molar-refractivity contribution in [3.8, 4) is 0 Å². The normalized spacial score (nSPS) is 27.8. The molecule has 100 valence electrons. The van der Waals surface area contributed by atoms with Gasteiger partial charge < -0.3 is 11.1 Å². The van der Waals surface area contributed by atoms with Gasteiger partial charge in [-0.2, -0.15) is 0 Å². The zero-order valence-electron chi connectivity index (χ0n) is 10.8. The molecular weight excluding hydrogens is 244 g/mol. The highest BCUT2D eigenvalue weighted by atomic mass is 32.1. The molecule has 3 N–H and O–H groups in total. The molecule has 1 amide bonds. The van der Waals surface area contributed by atoms with Gasteiger partial charge in [0.2, 0.25) is 5.91 Å². The van der Waals surface area contributed by atoms with Gasteiger partial charge >= 0.3 is 0 Å². The number of nitrogens with one attached hydrogen (secondary N) is 1. The minimum atomic E-state index is -0.533. The fourth-order valence-corrected chi connectivity index (χ4v) is 3.87. The van der Waals surface area contributed by atoms with E-state index in [1.54, 1.807) is 0 Å². The molecule has 3 aliphatic rings. The Kier molecular flexibility index (Phi) is 2.88. The lowest BCUT2D eigenvalue weighted by atomic mass is 9.84. The van der Waals surface area contributed by atoms with Crippen molar-refractivity contribution in [1.82, 2.24) is 5.32 Å². The van der Waals surface area contributed by atoms with Crippen molar-refractivity contribution in [2.75, 3.05) is 6.54 Å². The molecule has 0 unspecified atom stereocenters. The lowest BCUT2D eigenvalue weighted by Gasteiger charge is -2.27. The maximum Gasteiger partial charge on any atom is 0.233 e. The maximum absolute atomic E-state index is 12.4. The number of hydrogen-bond donors (Lipinski definition) is 2. The van der Waals surface area contributed by atoms with Crippen molar-refractivity contribution in [2.24, 2.45) is 22.5 Å². The van der Waals surface area contributed by atoms with Crippen molar-refractivity contribution in [3.05, 3.63) is 0 Å². The third kappa shape index (κ3) is 1.94. The molecule has 0 radical (unpaired) electrons. The quantitative estimate of drug-likeness (QED) is 0.750.